The molecule has 1 atom stereocenters. The van der Waals surface area contributed by atoms with Crippen LogP contribution in [0.1, 0.15) is 29.7 Å². The Bertz CT molecular complexity index is 1160. The average molecular weight is 398 g/mol. The smallest absolute Gasteiger partial charge is 0.225 e. The molecule has 1 saturated heterocycles. The normalized spacial score (nSPS) is 19.6. The zero-order chi connectivity index (χ0) is 20.7. The Balaban J connectivity index is 1.41. The number of piperidine rings is 1. The standard InChI is InChI=1S/C24H22N4O2/c1-30-19-8-9-21-20(13-19)26-24(22-3-2-11-28(21)22)10-12-27(23(29)14-24)16-18-6-4-17(15-25)5-7-18/h2-9,11,13,26H,10,12,14,16H2,1H3. The van der Waals surface area contributed by atoms with Crippen LogP contribution in [0, 0.1) is 11.3 Å². The maximum atomic E-state index is 13.2. The number of carbonyl (C=O) groups is 1. The van der Waals surface area contributed by atoms with E-state index in [0.717, 1.165) is 34.8 Å². The van der Waals surface area contributed by atoms with E-state index in [0.29, 0.717) is 25.1 Å². The van der Waals surface area contributed by atoms with Gasteiger partial charge in [0.2, 0.25) is 5.91 Å². The minimum absolute atomic E-state index is 0.122. The van der Waals surface area contributed by atoms with Gasteiger partial charge in [-0.05, 0) is 48.4 Å². The summed E-state index contributed by atoms with van der Waals surface area (Å²) in [6.45, 7) is 1.22. The van der Waals surface area contributed by atoms with Crippen molar-refractivity contribution in [3.05, 3.63) is 77.6 Å². The van der Waals surface area contributed by atoms with Crippen molar-refractivity contribution in [2.24, 2.45) is 0 Å². The number of carbonyl (C=O) groups excluding carboxylic acids is 1. The zero-order valence-electron chi connectivity index (χ0n) is 16.8. The number of amides is 1. The summed E-state index contributed by atoms with van der Waals surface area (Å²) in [5.41, 5.74) is 4.39. The summed E-state index contributed by atoms with van der Waals surface area (Å²) in [6.07, 6.45) is 3.26. The van der Waals surface area contributed by atoms with Crippen LogP contribution in [0.25, 0.3) is 5.69 Å². The first-order chi connectivity index (χ1) is 14.6. The number of methoxy groups -OCH3 is 1. The Kier molecular flexibility index (Phi) is 4.25. The van der Waals surface area contributed by atoms with Crippen molar-refractivity contribution in [2.75, 3.05) is 19.0 Å². The van der Waals surface area contributed by atoms with E-state index in [9.17, 15) is 4.79 Å². The lowest BCUT2D eigenvalue weighted by Gasteiger charge is -2.45. The van der Waals surface area contributed by atoms with Crippen LogP contribution in [0.2, 0.25) is 0 Å². The Morgan fingerprint density at radius 3 is 2.77 bits per heavy atom. The molecule has 0 saturated carbocycles. The number of aromatic nitrogens is 1. The van der Waals surface area contributed by atoms with E-state index in [1.54, 1.807) is 19.2 Å². The van der Waals surface area contributed by atoms with Crippen LogP contribution < -0.4 is 10.1 Å². The number of benzene rings is 2. The predicted octanol–water partition coefficient (Wildman–Crippen LogP) is 3.80. The third-order valence-corrected chi connectivity index (χ3v) is 6.15. The molecule has 3 heterocycles. The van der Waals surface area contributed by atoms with Gasteiger partial charge in [0, 0.05) is 31.0 Å². The number of likely N-dealkylation sites (tertiary alicyclic amines) is 1. The van der Waals surface area contributed by atoms with Gasteiger partial charge in [-0.1, -0.05) is 12.1 Å². The molecule has 150 valence electrons. The van der Waals surface area contributed by atoms with Crippen molar-refractivity contribution < 1.29 is 9.53 Å². The second-order valence-electron chi connectivity index (χ2n) is 7.90. The molecular formula is C24H22N4O2. The van der Waals surface area contributed by atoms with Gasteiger partial charge in [0.1, 0.15) is 5.75 Å². The highest BCUT2D eigenvalue weighted by molar-refractivity contribution is 5.81. The molecule has 1 spiro atoms. The Hall–Kier alpha value is -3.72. The molecular weight excluding hydrogens is 376 g/mol. The quantitative estimate of drug-likeness (QED) is 0.729. The van der Waals surface area contributed by atoms with Gasteiger partial charge in [-0.2, -0.15) is 5.26 Å². The SMILES string of the molecule is COc1ccc2c(c1)NC1(CCN(Cc3ccc(C#N)cc3)C(=O)C1)c1cccn1-2. The minimum Gasteiger partial charge on any atom is -0.497 e. The third kappa shape index (κ3) is 2.91. The molecule has 1 amide bonds. The van der Waals surface area contributed by atoms with Crippen molar-refractivity contribution in [1.82, 2.24) is 9.47 Å². The van der Waals surface area contributed by atoms with Crippen molar-refractivity contribution >= 4 is 11.6 Å². The lowest BCUT2D eigenvalue weighted by molar-refractivity contribution is -0.136. The lowest BCUT2D eigenvalue weighted by Crippen LogP contribution is -2.51. The summed E-state index contributed by atoms with van der Waals surface area (Å²) in [7, 11) is 1.66. The first kappa shape index (κ1) is 18.3. The molecule has 0 radical (unpaired) electrons. The van der Waals surface area contributed by atoms with E-state index in [1.165, 1.54) is 0 Å². The van der Waals surface area contributed by atoms with Gasteiger partial charge < -0.3 is 19.5 Å². The Morgan fingerprint density at radius 2 is 2.03 bits per heavy atom. The molecule has 1 N–H and O–H groups in total. The minimum atomic E-state index is -0.429. The van der Waals surface area contributed by atoms with E-state index in [2.05, 4.69) is 28.2 Å². The number of hydrogen-bond donors (Lipinski definition) is 1. The van der Waals surface area contributed by atoms with Crippen molar-refractivity contribution in [3.63, 3.8) is 0 Å². The summed E-state index contributed by atoms with van der Waals surface area (Å²) in [6, 6.07) is 19.7. The number of anilines is 1. The topological polar surface area (TPSA) is 70.3 Å². The van der Waals surface area contributed by atoms with E-state index in [-0.39, 0.29) is 5.91 Å². The summed E-state index contributed by atoms with van der Waals surface area (Å²) in [4.78, 5) is 15.1. The molecule has 6 nitrogen and oxygen atoms in total. The molecule has 0 bridgehead atoms. The fourth-order valence-corrected chi connectivity index (χ4v) is 4.56. The second kappa shape index (κ2) is 6.96. The van der Waals surface area contributed by atoms with Crippen LogP contribution in [-0.4, -0.2) is 29.0 Å². The van der Waals surface area contributed by atoms with Crippen molar-refractivity contribution in [1.29, 1.82) is 5.26 Å². The number of nitriles is 1. The number of rotatable bonds is 3. The third-order valence-electron chi connectivity index (χ3n) is 6.15. The molecule has 2 aliphatic rings. The van der Waals surface area contributed by atoms with Gasteiger partial charge in [-0.15, -0.1) is 0 Å². The first-order valence-electron chi connectivity index (χ1n) is 10.0. The summed E-state index contributed by atoms with van der Waals surface area (Å²) >= 11 is 0. The van der Waals surface area contributed by atoms with E-state index >= 15 is 0 Å². The van der Waals surface area contributed by atoms with E-state index in [1.807, 2.05) is 41.3 Å². The fraction of sp³-hybridized carbons (Fsp3) is 0.250. The average Bonchev–Trinajstić information content (AvgIpc) is 3.27. The number of nitrogens with one attached hydrogen (secondary N) is 1. The van der Waals surface area contributed by atoms with Gasteiger partial charge in [0.15, 0.2) is 0 Å². The summed E-state index contributed by atoms with van der Waals surface area (Å²) in [5, 5.41) is 12.6. The van der Waals surface area contributed by atoms with E-state index in [4.69, 9.17) is 10.00 Å². The van der Waals surface area contributed by atoms with Gasteiger partial charge in [0.25, 0.3) is 0 Å². The van der Waals surface area contributed by atoms with Crippen molar-refractivity contribution in [2.45, 2.75) is 24.9 Å². The maximum Gasteiger partial charge on any atom is 0.225 e. The number of fused-ring (bicyclic) bond motifs is 4. The molecule has 0 aliphatic carbocycles. The van der Waals surface area contributed by atoms with Crippen molar-refractivity contribution in [3.8, 4) is 17.5 Å². The predicted molar refractivity (Wildman–Crippen MR) is 113 cm³/mol. The number of hydrogen-bond acceptors (Lipinski definition) is 4. The van der Waals surface area contributed by atoms with Crippen LogP contribution in [0.5, 0.6) is 5.75 Å². The Morgan fingerprint density at radius 1 is 1.20 bits per heavy atom. The first-order valence-corrected chi connectivity index (χ1v) is 10.0. The highest BCUT2D eigenvalue weighted by atomic mass is 16.5. The van der Waals surface area contributed by atoms with Crippen LogP contribution in [0.4, 0.5) is 5.69 Å². The molecule has 1 fully saturated rings. The van der Waals surface area contributed by atoms with Crippen LogP contribution in [0.3, 0.4) is 0 Å². The highest BCUT2D eigenvalue weighted by Crippen LogP contribution is 2.44. The molecule has 5 rings (SSSR count). The number of nitrogens with zero attached hydrogens (tertiary/aromatic N) is 3. The summed E-state index contributed by atoms with van der Waals surface area (Å²) in [5.74, 6) is 0.911. The molecule has 1 aromatic heterocycles. The fourth-order valence-electron chi connectivity index (χ4n) is 4.56. The molecule has 2 aromatic carbocycles. The Labute approximate surface area is 175 Å². The monoisotopic (exact) mass is 398 g/mol. The van der Waals surface area contributed by atoms with Gasteiger partial charge in [0.05, 0.1) is 42.1 Å². The highest BCUT2D eigenvalue weighted by Gasteiger charge is 2.44. The van der Waals surface area contributed by atoms with E-state index < -0.39 is 5.54 Å². The molecule has 6 heteroatoms. The molecule has 30 heavy (non-hydrogen) atoms. The molecule has 3 aromatic rings. The largest absolute Gasteiger partial charge is 0.497 e. The van der Waals surface area contributed by atoms with Gasteiger partial charge >= 0.3 is 0 Å². The number of ether oxygens (including phenoxy) is 1. The van der Waals surface area contributed by atoms with Crippen LogP contribution >= 0.6 is 0 Å². The maximum absolute atomic E-state index is 13.2. The van der Waals surface area contributed by atoms with Crippen LogP contribution in [-0.2, 0) is 16.9 Å². The van der Waals surface area contributed by atoms with Gasteiger partial charge in [-0.25, -0.2) is 0 Å². The lowest BCUT2D eigenvalue weighted by atomic mass is 9.82. The zero-order valence-corrected chi connectivity index (χ0v) is 16.8. The molecule has 2 aliphatic heterocycles. The van der Waals surface area contributed by atoms with Crippen LogP contribution in [0.15, 0.2) is 60.8 Å². The summed E-state index contributed by atoms with van der Waals surface area (Å²) < 4.78 is 7.58. The molecule has 1 unspecified atom stereocenters. The van der Waals surface area contributed by atoms with Gasteiger partial charge in [-0.3, -0.25) is 4.79 Å². The second-order valence-corrected chi connectivity index (χ2v) is 7.90.